The molecule has 0 radical (unpaired) electrons. The third kappa shape index (κ3) is 6.75. The number of alkyl halides is 1. The molecule has 0 amide bonds. The molecule has 0 N–H and O–H groups in total. The van der Waals surface area contributed by atoms with Gasteiger partial charge in [-0.1, -0.05) is 47.3 Å². The second-order valence-corrected chi connectivity index (χ2v) is 8.64. The van der Waals surface area contributed by atoms with Crippen molar-refractivity contribution in [2.24, 2.45) is 0 Å². The second-order valence-electron chi connectivity index (χ2n) is 6.60. The van der Waals surface area contributed by atoms with Crippen molar-refractivity contribution in [1.82, 2.24) is 0 Å². The minimum absolute atomic E-state index is 0.278. The van der Waals surface area contributed by atoms with Gasteiger partial charge in [0.05, 0.1) is 33.3 Å². The smallest absolute Gasteiger partial charge is 0.174 e. The summed E-state index contributed by atoms with van der Waals surface area (Å²) in [4.78, 5) is 1.08. The molecule has 1 unspecified atom stereocenters. The predicted octanol–water partition coefficient (Wildman–Crippen LogP) is 6.90. The highest BCUT2D eigenvalue weighted by molar-refractivity contribution is 9.09. The molecule has 0 aliphatic rings. The number of para-hydroxylation sites is 1. The number of rotatable bonds is 13. The van der Waals surface area contributed by atoms with Crippen LogP contribution in [0.3, 0.4) is 0 Å². The van der Waals surface area contributed by atoms with Crippen LogP contribution in [-0.2, 0) is 0 Å². The van der Waals surface area contributed by atoms with Crippen molar-refractivity contribution in [3.8, 4) is 23.0 Å². The van der Waals surface area contributed by atoms with E-state index >= 15 is 0 Å². The molecular formula is C23H31BrO4S. The van der Waals surface area contributed by atoms with Gasteiger partial charge < -0.3 is 18.9 Å². The average Bonchev–Trinajstić information content (AvgIpc) is 2.77. The Balaban J connectivity index is 2.28. The molecule has 6 heteroatoms. The Hall–Kier alpha value is -1.53. The number of hydrogen-bond acceptors (Lipinski definition) is 5. The molecule has 0 saturated carbocycles. The highest BCUT2D eigenvalue weighted by atomic mass is 79.9. The molecule has 0 bridgehead atoms. The van der Waals surface area contributed by atoms with Crippen molar-refractivity contribution < 1.29 is 18.9 Å². The molecular weight excluding hydrogens is 452 g/mol. The molecule has 0 aromatic heterocycles. The Labute approximate surface area is 187 Å². The summed E-state index contributed by atoms with van der Waals surface area (Å²) in [7, 11) is 6.69. The second kappa shape index (κ2) is 12.9. The van der Waals surface area contributed by atoms with Gasteiger partial charge in [0.15, 0.2) is 23.0 Å². The summed E-state index contributed by atoms with van der Waals surface area (Å²) in [5.41, 5.74) is 1.22. The van der Waals surface area contributed by atoms with Crippen LogP contribution in [0.4, 0.5) is 0 Å². The van der Waals surface area contributed by atoms with Crippen LogP contribution in [-0.4, -0.2) is 33.8 Å². The summed E-state index contributed by atoms with van der Waals surface area (Å²) in [5, 5.41) is 1.35. The molecule has 0 aliphatic carbocycles. The topological polar surface area (TPSA) is 36.9 Å². The van der Waals surface area contributed by atoms with Gasteiger partial charge in [-0.2, -0.15) is 0 Å². The molecule has 160 valence electrons. The lowest BCUT2D eigenvalue weighted by molar-refractivity contribution is 0.348. The third-order valence-electron chi connectivity index (χ3n) is 4.77. The summed E-state index contributed by atoms with van der Waals surface area (Å²) in [6, 6.07) is 12.2. The van der Waals surface area contributed by atoms with E-state index in [4.69, 9.17) is 18.9 Å². The third-order valence-corrected chi connectivity index (χ3v) is 6.69. The van der Waals surface area contributed by atoms with Gasteiger partial charge in [0, 0.05) is 10.6 Å². The lowest BCUT2D eigenvalue weighted by Gasteiger charge is -2.21. The van der Waals surface area contributed by atoms with Gasteiger partial charge in [0.1, 0.15) is 0 Å². The SMILES string of the molecule is COc1ccc(C(CCCCCCBr)Sc2cccc(OC)c2OC)cc1OC. The summed E-state index contributed by atoms with van der Waals surface area (Å²) >= 11 is 5.32. The maximum atomic E-state index is 5.65. The van der Waals surface area contributed by atoms with E-state index in [1.165, 1.54) is 31.2 Å². The van der Waals surface area contributed by atoms with E-state index < -0.39 is 0 Å². The first kappa shape index (κ1) is 23.7. The maximum Gasteiger partial charge on any atom is 0.174 e. The van der Waals surface area contributed by atoms with Crippen LogP contribution in [0.2, 0.25) is 0 Å². The van der Waals surface area contributed by atoms with Crippen LogP contribution in [0, 0.1) is 0 Å². The highest BCUT2D eigenvalue weighted by Crippen LogP contribution is 2.47. The normalized spacial score (nSPS) is 11.8. The lowest BCUT2D eigenvalue weighted by Crippen LogP contribution is -1.99. The van der Waals surface area contributed by atoms with Crippen molar-refractivity contribution in [3.05, 3.63) is 42.0 Å². The van der Waals surface area contributed by atoms with Crippen LogP contribution in [0.25, 0.3) is 0 Å². The van der Waals surface area contributed by atoms with E-state index in [-0.39, 0.29) is 5.25 Å². The Morgan fingerprint density at radius 3 is 2.17 bits per heavy atom. The van der Waals surface area contributed by atoms with Crippen LogP contribution < -0.4 is 18.9 Å². The number of halogens is 1. The summed E-state index contributed by atoms with van der Waals surface area (Å²) < 4.78 is 22.1. The summed E-state index contributed by atoms with van der Waals surface area (Å²) in [5.74, 6) is 3.04. The number of ether oxygens (including phenoxy) is 4. The Morgan fingerprint density at radius 2 is 1.52 bits per heavy atom. The predicted molar refractivity (Wildman–Crippen MR) is 125 cm³/mol. The van der Waals surface area contributed by atoms with Crippen LogP contribution >= 0.6 is 27.7 Å². The molecule has 29 heavy (non-hydrogen) atoms. The standard InChI is InChI=1S/C23H31BrO4S/c1-25-18-14-13-17(16-20(18)27-3)21(11-7-5-6-8-15-24)29-22-12-9-10-19(26-2)23(22)28-4/h9-10,12-14,16,21H,5-8,11,15H2,1-4H3. The fourth-order valence-electron chi connectivity index (χ4n) is 3.23. The molecule has 2 aromatic carbocycles. The van der Waals surface area contributed by atoms with E-state index in [9.17, 15) is 0 Å². The molecule has 2 rings (SSSR count). The quantitative estimate of drug-likeness (QED) is 0.176. The van der Waals surface area contributed by atoms with Crippen molar-refractivity contribution in [1.29, 1.82) is 0 Å². The van der Waals surface area contributed by atoms with Gasteiger partial charge in [-0.15, -0.1) is 11.8 Å². The lowest BCUT2D eigenvalue weighted by atomic mass is 10.0. The fraction of sp³-hybridized carbons (Fsp3) is 0.478. The minimum atomic E-state index is 0.278. The number of thioether (sulfide) groups is 1. The highest BCUT2D eigenvalue weighted by Gasteiger charge is 2.19. The van der Waals surface area contributed by atoms with Gasteiger partial charge in [-0.05, 0) is 42.7 Å². The molecule has 0 spiro atoms. The molecule has 0 saturated heterocycles. The van der Waals surface area contributed by atoms with Gasteiger partial charge in [0.2, 0.25) is 0 Å². The van der Waals surface area contributed by atoms with Crippen molar-refractivity contribution in [2.45, 2.75) is 42.2 Å². The molecule has 0 heterocycles. The Morgan fingerprint density at radius 1 is 0.793 bits per heavy atom. The molecule has 4 nitrogen and oxygen atoms in total. The Bertz CT molecular complexity index is 754. The molecule has 0 aliphatic heterocycles. The van der Waals surface area contributed by atoms with Crippen molar-refractivity contribution in [2.75, 3.05) is 33.8 Å². The van der Waals surface area contributed by atoms with E-state index in [0.717, 1.165) is 39.6 Å². The van der Waals surface area contributed by atoms with E-state index in [0.29, 0.717) is 0 Å². The van der Waals surface area contributed by atoms with E-state index in [2.05, 4.69) is 34.1 Å². The van der Waals surface area contributed by atoms with Crippen LogP contribution in [0.5, 0.6) is 23.0 Å². The van der Waals surface area contributed by atoms with Gasteiger partial charge in [-0.25, -0.2) is 0 Å². The maximum absolute atomic E-state index is 5.65. The average molecular weight is 483 g/mol. The van der Waals surface area contributed by atoms with Gasteiger partial charge in [-0.3, -0.25) is 0 Å². The van der Waals surface area contributed by atoms with Gasteiger partial charge >= 0.3 is 0 Å². The summed E-state index contributed by atoms with van der Waals surface area (Å²) in [6.45, 7) is 0. The first-order chi connectivity index (χ1) is 14.2. The summed E-state index contributed by atoms with van der Waals surface area (Å²) in [6.07, 6.45) is 5.94. The fourth-order valence-corrected chi connectivity index (χ4v) is 4.95. The van der Waals surface area contributed by atoms with Gasteiger partial charge in [0.25, 0.3) is 0 Å². The first-order valence-electron chi connectivity index (χ1n) is 9.84. The number of hydrogen-bond donors (Lipinski definition) is 0. The molecule has 2 aromatic rings. The zero-order valence-corrected chi connectivity index (χ0v) is 20.1. The number of methoxy groups -OCH3 is 4. The largest absolute Gasteiger partial charge is 0.493 e. The number of benzene rings is 2. The Kier molecular flexibility index (Phi) is 10.6. The van der Waals surface area contributed by atoms with Crippen LogP contribution in [0.1, 0.15) is 42.9 Å². The molecule has 0 fully saturated rings. The van der Waals surface area contributed by atoms with Crippen molar-refractivity contribution >= 4 is 27.7 Å². The monoisotopic (exact) mass is 482 g/mol. The molecule has 1 atom stereocenters. The van der Waals surface area contributed by atoms with Crippen molar-refractivity contribution in [3.63, 3.8) is 0 Å². The van der Waals surface area contributed by atoms with Crippen LogP contribution in [0.15, 0.2) is 41.3 Å². The zero-order chi connectivity index (χ0) is 21.1. The number of unbranched alkanes of at least 4 members (excludes halogenated alkanes) is 3. The minimum Gasteiger partial charge on any atom is -0.493 e. The first-order valence-corrected chi connectivity index (χ1v) is 11.8. The van der Waals surface area contributed by atoms with E-state index in [1.54, 1.807) is 28.4 Å². The van der Waals surface area contributed by atoms with E-state index in [1.807, 2.05) is 30.0 Å². The zero-order valence-electron chi connectivity index (χ0n) is 17.7.